The van der Waals surface area contributed by atoms with Crippen molar-refractivity contribution in [2.75, 3.05) is 0 Å². The molecule has 0 rings (SSSR count). The minimum absolute atomic E-state index is 0.946. The van der Waals surface area contributed by atoms with Crippen LogP contribution in [0.3, 0.4) is 0 Å². The van der Waals surface area contributed by atoms with Gasteiger partial charge in [0.1, 0.15) is 20.5 Å². The first kappa shape index (κ1) is 42.0. The van der Waals surface area contributed by atoms with Crippen LogP contribution in [0, 0.1) is 0 Å². The maximum Gasteiger partial charge on any atom is 0.239 e. The van der Waals surface area contributed by atoms with Gasteiger partial charge in [0.05, 0.1) is 0 Å². The van der Waals surface area contributed by atoms with Crippen LogP contribution in [0.1, 0.15) is 0 Å². The molecule has 0 aromatic heterocycles. The van der Waals surface area contributed by atoms with Crippen molar-refractivity contribution < 1.29 is 5.11 Å². The van der Waals surface area contributed by atoms with Gasteiger partial charge in [-0.05, 0) is 31.9 Å². The van der Waals surface area contributed by atoms with Crippen LogP contribution in [0.2, 0.25) is 0 Å². The Kier molecular flexibility index (Phi) is 17.6. The summed E-state index contributed by atoms with van der Waals surface area (Å²) in [6.07, 6.45) is 0. The molecule has 0 unspecified atom stereocenters. The zero-order valence-corrected chi connectivity index (χ0v) is 46.7. The molecule has 0 aromatic carbocycles. The minimum atomic E-state index is -1.88. The van der Waals surface area contributed by atoms with Crippen LogP contribution >= 0.6 is 335 Å². The van der Waals surface area contributed by atoms with Crippen LogP contribution < -0.4 is 0 Å². The summed E-state index contributed by atoms with van der Waals surface area (Å²) in [5.74, 6) is 0. The third kappa shape index (κ3) is 7.36. The second-order valence-corrected chi connectivity index (χ2v) is 44.3. The average Bonchev–Trinajstić information content (AvgIpc) is 2.49. The van der Waals surface area contributed by atoms with E-state index in [2.05, 4.69) is 335 Å². The van der Waals surface area contributed by atoms with Crippen molar-refractivity contribution in [3.63, 3.8) is 0 Å². The van der Waals surface area contributed by atoms with Gasteiger partial charge in [-0.3, -0.25) is 0 Å². The normalized spacial score (nSPS) is 17.1. The van der Waals surface area contributed by atoms with Crippen LogP contribution in [0.25, 0.3) is 0 Å². The highest BCUT2D eigenvalue weighted by atomic mass is 80.0. The second-order valence-electron chi connectivity index (χ2n) is 5.62. The van der Waals surface area contributed by atoms with E-state index in [1.54, 1.807) is 0 Å². The van der Waals surface area contributed by atoms with Gasteiger partial charge in [-0.1, -0.05) is 303 Å². The lowest BCUT2D eigenvalue weighted by molar-refractivity contribution is 0.137. The number of halogens is 21. The van der Waals surface area contributed by atoms with Crippen molar-refractivity contribution in [3.05, 3.63) is 0 Å². The van der Waals surface area contributed by atoms with Crippen molar-refractivity contribution >= 4 is 335 Å². The Bertz CT molecular complexity index is 675. The topological polar surface area (TPSA) is 19.9 Å². The third-order valence-corrected chi connectivity index (χ3v) is 41.3. The van der Waals surface area contributed by atoms with E-state index in [9.17, 15) is 5.11 Å². The molecule has 0 N–H and O–H groups in total. The fraction of sp³-hybridized carbons (Fsp3) is 1.00. The molecule has 32 heavy (non-hydrogen) atoms. The number of rotatable bonds is 7. The standard InChI is InChI=1S/C10Br21O/c11-1(8(24,25)26,9(27,28)29)2(12,13)3(14,15)4(16,17)5(18,19)6(20,21)7(22,23)10(30,31)32. The first-order chi connectivity index (χ1) is 13.2. The van der Waals surface area contributed by atoms with Crippen molar-refractivity contribution in [3.8, 4) is 0 Å². The van der Waals surface area contributed by atoms with E-state index in [0.717, 1.165) is 0 Å². The van der Waals surface area contributed by atoms with Gasteiger partial charge in [-0.15, -0.1) is 0 Å². The summed E-state index contributed by atoms with van der Waals surface area (Å²) >= 11 is 76.6. The molecule has 0 aliphatic heterocycles. The van der Waals surface area contributed by atoms with E-state index in [-0.39, 0.29) is 0 Å². The van der Waals surface area contributed by atoms with Gasteiger partial charge < -0.3 is 0 Å². The molecule has 0 fully saturated rings. The lowest BCUT2D eigenvalue weighted by Crippen LogP contribution is -2.72. The second kappa shape index (κ2) is 13.4. The molecule has 0 aliphatic rings. The van der Waals surface area contributed by atoms with Crippen LogP contribution in [0.5, 0.6) is 0 Å². The maximum atomic E-state index is 12.9. The van der Waals surface area contributed by atoms with E-state index in [0.29, 0.717) is 0 Å². The molecule has 0 saturated heterocycles. The zero-order chi connectivity index (χ0) is 27.0. The number of hydrogen-bond donors (Lipinski definition) is 0. The van der Waals surface area contributed by atoms with Crippen LogP contribution in [-0.4, -0.2) is 31.4 Å². The lowest BCUT2D eigenvalue weighted by atomic mass is 10.0. The van der Waals surface area contributed by atoms with E-state index < -0.39 is 31.4 Å². The van der Waals surface area contributed by atoms with Gasteiger partial charge >= 0.3 is 0 Å². The third-order valence-electron chi connectivity index (χ3n) is 3.55. The van der Waals surface area contributed by atoms with Gasteiger partial charge in [-0.2, -0.15) is 0 Å². The molecular formula is C10Br21O. The van der Waals surface area contributed by atoms with Crippen LogP contribution in [-0.2, 0) is 5.11 Å². The van der Waals surface area contributed by atoms with E-state index in [1.165, 1.54) is 0 Å². The Hall–Kier alpha value is 10.0. The molecule has 0 bridgehead atoms. The average molecular weight is 1810 g/mol. The maximum absolute atomic E-state index is 12.9. The molecule has 193 valence electrons. The van der Waals surface area contributed by atoms with Gasteiger partial charge in [-0.25, -0.2) is 5.11 Å². The molecule has 0 heterocycles. The van der Waals surface area contributed by atoms with Gasteiger partial charge in [0, 0.05) is 0 Å². The van der Waals surface area contributed by atoms with E-state index >= 15 is 0 Å². The molecule has 0 spiro atoms. The van der Waals surface area contributed by atoms with Crippen molar-refractivity contribution in [2.45, 2.75) is 31.4 Å². The van der Waals surface area contributed by atoms with E-state index in [1.807, 2.05) is 0 Å². The highest BCUT2D eigenvalue weighted by molar-refractivity contribution is 9.42. The molecule has 0 amide bonds. The minimum Gasteiger partial charge on any atom is -0.202 e. The van der Waals surface area contributed by atoms with Crippen molar-refractivity contribution in [1.82, 2.24) is 0 Å². The molecule has 22 heteroatoms. The monoisotopic (exact) mass is 1790 g/mol. The quantitative estimate of drug-likeness (QED) is 0.226. The largest absolute Gasteiger partial charge is 0.239 e. The first-order valence-electron chi connectivity index (χ1n) is 6.42. The number of hydrogen-bond acceptors (Lipinski definition) is 0. The Morgan fingerprint density at radius 1 is 0.281 bits per heavy atom. The number of alkyl halides is 21. The van der Waals surface area contributed by atoms with E-state index in [4.69, 9.17) is 0 Å². The van der Waals surface area contributed by atoms with Gasteiger partial charge in [0.15, 0.2) is 7.52 Å². The summed E-state index contributed by atoms with van der Waals surface area (Å²) in [5, 5.41) is 12.9. The Labute approximate surface area is 362 Å². The van der Waals surface area contributed by atoms with Crippen molar-refractivity contribution in [2.24, 2.45) is 0 Å². The summed E-state index contributed by atoms with van der Waals surface area (Å²) in [5.41, 5.74) is 0. The lowest BCUT2D eigenvalue weighted by Gasteiger charge is -2.60. The fourth-order valence-corrected chi connectivity index (χ4v) is 24.7. The highest BCUT2D eigenvalue weighted by Gasteiger charge is 2.81. The SMILES string of the molecule is [O]C(Br)(Br)C(Br)(Br)C(Br)(Br)C(Br)(Br)C(Br)(Br)C(Br)(Br)C(Br)(Br)C(Br)(C(Br)(Br)Br)C(Br)(Br)Br. The van der Waals surface area contributed by atoms with Gasteiger partial charge in [0.2, 0.25) is 3.42 Å². The molecular weight excluding hydrogens is 1810 g/mol. The summed E-state index contributed by atoms with van der Waals surface area (Å²) < 4.78 is -12.3. The molecule has 1 nitrogen and oxygen atoms in total. The predicted molar refractivity (Wildman–Crippen MR) is 215 cm³/mol. The summed E-state index contributed by atoms with van der Waals surface area (Å²) in [6.45, 7) is 0. The zero-order valence-electron chi connectivity index (χ0n) is 13.3. The Balaban J connectivity index is 7.19. The Morgan fingerprint density at radius 3 is 0.656 bits per heavy atom. The first-order valence-corrected chi connectivity index (χ1v) is 23.1. The fourth-order valence-electron chi connectivity index (χ4n) is 1.70. The van der Waals surface area contributed by atoms with Gasteiger partial charge in [0.25, 0.3) is 0 Å². The smallest absolute Gasteiger partial charge is 0.202 e. The molecule has 0 saturated carbocycles. The predicted octanol–water partition coefficient (Wildman–Crippen LogP) is 15.6. The summed E-state index contributed by atoms with van der Waals surface area (Å²) in [4.78, 5) is 0. The highest BCUT2D eigenvalue weighted by Crippen LogP contribution is 2.80. The summed E-state index contributed by atoms with van der Waals surface area (Å²) in [7, 11) is 0. The summed E-state index contributed by atoms with van der Waals surface area (Å²) in [6, 6.07) is 0. The van der Waals surface area contributed by atoms with Crippen LogP contribution in [0.4, 0.5) is 0 Å². The molecule has 1 radical (unpaired) electrons. The van der Waals surface area contributed by atoms with Crippen molar-refractivity contribution in [1.29, 1.82) is 0 Å². The molecule has 0 aromatic rings. The molecule has 0 aliphatic carbocycles. The Morgan fingerprint density at radius 2 is 0.469 bits per heavy atom. The molecule has 0 atom stereocenters. The van der Waals surface area contributed by atoms with Crippen LogP contribution in [0.15, 0.2) is 0 Å².